The van der Waals surface area contributed by atoms with E-state index in [0.717, 1.165) is 37.4 Å². The minimum Gasteiger partial charge on any atom is -0.354 e. The molecular formula is C15H20N6O. The number of nitrogens with zero attached hydrogens (tertiary/aromatic N) is 5. The van der Waals surface area contributed by atoms with Gasteiger partial charge in [0.15, 0.2) is 0 Å². The summed E-state index contributed by atoms with van der Waals surface area (Å²) in [7, 11) is 1.77. The largest absolute Gasteiger partial charge is 0.354 e. The van der Waals surface area contributed by atoms with Crippen LogP contribution in [0, 0.1) is 6.92 Å². The molecule has 0 bridgehead atoms. The Morgan fingerprint density at radius 1 is 1.41 bits per heavy atom. The van der Waals surface area contributed by atoms with Crippen LogP contribution >= 0.6 is 0 Å². The summed E-state index contributed by atoms with van der Waals surface area (Å²) in [6, 6.07) is 3.82. The van der Waals surface area contributed by atoms with Crippen LogP contribution in [0.3, 0.4) is 0 Å². The van der Waals surface area contributed by atoms with Crippen LogP contribution in [-0.4, -0.2) is 44.8 Å². The highest BCUT2D eigenvalue weighted by atomic mass is 16.2. The SMILES string of the molecule is Cc1cc(N2CCCC(NC(=O)c3ccnn3C)C2)ncn1. The van der Waals surface area contributed by atoms with Gasteiger partial charge in [-0.2, -0.15) is 5.10 Å². The van der Waals surface area contributed by atoms with Gasteiger partial charge in [-0.1, -0.05) is 0 Å². The second-order valence-corrected chi connectivity index (χ2v) is 5.62. The summed E-state index contributed by atoms with van der Waals surface area (Å²) < 4.78 is 1.59. The van der Waals surface area contributed by atoms with E-state index in [2.05, 4.69) is 25.3 Å². The van der Waals surface area contributed by atoms with Crippen molar-refractivity contribution in [3.05, 3.63) is 36.0 Å². The number of hydrogen-bond acceptors (Lipinski definition) is 5. The van der Waals surface area contributed by atoms with Crippen LogP contribution in [-0.2, 0) is 7.05 Å². The van der Waals surface area contributed by atoms with Gasteiger partial charge in [-0.25, -0.2) is 9.97 Å². The van der Waals surface area contributed by atoms with Gasteiger partial charge in [0, 0.05) is 44.1 Å². The van der Waals surface area contributed by atoms with Crippen molar-refractivity contribution in [3.63, 3.8) is 0 Å². The first-order valence-electron chi connectivity index (χ1n) is 7.46. The van der Waals surface area contributed by atoms with Gasteiger partial charge in [-0.05, 0) is 25.8 Å². The third-order valence-corrected chi connectivity index (χ3v) is 3.92. The van der Waals surface area contributed by atoms with Gasteiger partial charge >= 0.3 is 0 Å². The normalized spacial score (nSPS) is 18.3. The van der Waals surface area contributed by atoms with E-state index in [1.54, 1.807) is 30.3 Å². The quantitative estimate of drug-likeness (QED) is 0.912. The molecule has 7 heteroatoms. The van der Waals surface area contributed by atoms with Crippen LogP contribution < -0.4 is 10.2 Å². The summed E-state index contributed by atoms with van der Waals surface area (Å²) in [6.45, 7) is 3.67. The lowest BCUT2D eigenvalue weighted by Crippen LogP contribution is -2.48. The second-order valence-electron chi connectivity index (χ2n) is 5.62. The van der Waals surface area contributed by atoms with E-state index in [-0.39, 0.29) is 11.9 Å². The molecule has 1 unspecified atom stereocenters. The Labute approximate surface area is 129 Å². The van der Waals surface area contributed by atoms with E-state index in [9.17, 15) is 4.79 Å². The first kappa shape index (κ1) is 14.5. The van der Waals surface area contributed by atoms with E-state index < -0.39 is 0 Å². The maximum atomic E-state index is 12.3. The first-order valence-corrected chi connectivity index (χ1v) is 7.46. The van der Waals surface area contributed by atoms with Crippen LogP contribution in [0.15, 0.2) is 24.7 Å². The molecule has 1 fully saturated rings. The number of aryl methyl sites for hydroxylation is 2. The molecule has 0 aliphatic carbocycles. The molecule has 1 amide bonds. The average molecular weight is 300 g/mol. The molecular weight excluding hydrogens is 280 g/mol. The summed E-state index contributed by atoms with van der Waals surface area (Å²) in [5.74, 6) is 0.845. The standard InChI is InChI=1S/C15H20N6O/c1-11-8-14(17-10-16-11)21-7-3-4-12(9-21)19-15(22)13-5-6-18-20(13)2/h5-6,8,10,12H,3-4,7,9H2,1-2H3,(H,19,22). The Morgan fingerprint density at radius 3 is 3.00 bits per heavy atom. The highest BCUT2D eigenvalue weighted by molar-refractivity contribution is 5.92. The monoisotopic (exact) mass is 300 g/mol. The van der Waals surface area contributed by atoms with Crippen molar-refractivity contribution >= 4 is 11.7 Å². The Morgan fingerprint density at radius 2 is 2.27 bits per heavy atom. The molecule has 3 rings (SSSR count). The molecule has 0 saturated carbocycles. The number of aromatic nitrogens is 4. The summed E-state index contributed by atoms with van der Waals surface area (Å²) in [5, 5.41) is 7.12. The van der Waals surface area contributed by atoms with E-state index >= 15 is 0 Å². The molecule has 22 heavy (non-hydrogen) atoms. The number of carbonyl (C=O) groups excluding carboxylic acids is 1. The maximum Gasteiger partial charge on any atom is 0.269 e. The molecule has 7 nitrogen and oxygen atoms in total. The van der Waals surface area contributed by atoms with E-state index in [0.29, 0.717) is 5.69 Å². The van der Waals surface area contributed by atoms with Gasteiger partial charge < -0.3 is 10.2 Å². The molecule has 3 heterocycles. The Kier molecular flexibility index (Phi) is 4.04. The molecule has 1 N–H and O–H groups in total. The van der Waals surface area contributed by atoms with E-state index in [4.69, 9.17) is 0 Å². The van der Waals surface area contributed by atoms with E-state index in [1.807, 2.05) is 13.0 Å². The molecule has 1 saturated heterocycles. The Hall–Kier alpha value is -2.44. The number of hydrogen-bond donors (Lipinski definition) is 1. The van der Waals surface area contributed by atoms with Crippen LogP contribution in [0.25, 0.3) is 0 Å². The topological polar surface area (TPSA) is 75.9 Å². The van der Waals surface area contributed by atoms with Crippen molar-refractivity contribution in [2.45, 2.75) is 25.8 Å². The minimum absolute atomic E-state index is 0.0780. The predicted octanol–water partition coefficient (Wildman–Crippen LogP) is 0.917. The fourth-order valence-electron chi connectivity index (χ4n) is 2.77. The minimum atomic E-state index is -0.0780. The zero-order chi connectivity index (χ0) is 15.5. The molecule has 0 spiro atoms. The fraction of sp³-hybridized carbons (Fsp3) is 0.467. The maximum absolute atomic E-state index is 12.3. The summed E-state index contributed by atoms with van der Waals surface area (Å²) >= 11 is 0. The van der Waals surface area contributed by atoms with Crippen molar-refractivity contribution in [2.24, 2.45) is 7.05 Å². The lowest BCUT2D eigenvalue weighted by Gasteiger charge is -2.34. The molecule has 0 aromatic carbocycles. The smallest absolute Gasteiger partial charge is 0.269 e. The Balaban J connectivity index is 1.66. The summed E-state index contributed by atoms with van der Waals surface area (Å²) in [4.78, 5) is 22.9. The average Bonchev–Trinajstić information content (AvgIpc) is 2.94. The number of nitrogens with one attached hydrogen (secondary N) is 1. The predicted molar refractivity (Wildman–Crippen MR) is 82.7 cm³/mol. The lowest BCUT2D eigenvalue weighted by atomic mass is 10.1. The van der Waals surface area contributed by atoms with Gasteiger partial charge in [0.1, 0.15) is 17.8 Å². The molecule has 116 valence electrons. The zero-order valence-corrected chi connectivity index (χ0v) is 12.9. The van der Waals surface area contributed by atoms with Crippen molar-refractivity contribution in [2.75, 3.05) is 18.0 Å². The Bertz CT molecular complexity index is 668. The van der Waals surface area contributed by atoms with Gasteiger partial charge in [0.05, 0.1) is 0 Å². The number of piperidine rings is 1. The molecule has 1 aliphatic rings. The van der Waals surface area contributed by atoms with Crippen LogP contribution in [0.1, 0.15) is 29.0 Å². The van der Waals surface area contributed by atoms with Crippen LogP contribution in [0.5, 0.6) is 0 Å². The third-order valence-electron chi connectivity index (χ3n) is 3.92. The second kappa shape index (κ2) is 6.13. The van der Waals surface area contributed by atoms with Crippen molar-refractivity contribution < 1.29 is 4.79 Å². The summed E-state index contributed by atoms with van der Waals surface area (Å²) in [5.41, 5.74) is 1.53. The zero-order valence-electron chi connectivity index (χ0n) is 12.9. The van der Waals surface area contributed by atoms with Gasteiger partial charge in [0.25, 0.3) is 5.91 Å². The van der Waals surface area contributed by atoms with Crippen LogP contribution in [0.2, 0.25) is 0 Å². The van der Waals surface area contributed by atoms with Crippen molar-refractivity contribution in [1.82, 2.24) is 25.1 Å². The molecule has 2 aromatic rings. The summed E-state index contributed by atoms with van der Waals surface area (Å²) in [6.07, 6.45) is 5.22. The third kappa shape index (κ3) is 3.08. The van der Waals surface area contributed by atoms with Gasteiger partial charge in [0.2, 0.25) is 0 Å². The molecule has 1 aliphatic heterocycles. The highest BCUT2D eigenvalue weighted by Crippen LogP contribution is 2.18. The fourth-order valence-corrected chi connectivity index (χ4v) is 2.77. The van der Waals surface area contributed by atoms with Crippen LogP contribution in [0.4, 0.5) is 5.82 Å². The van der Waals surface area contributed by atoms with Gasteiger partial charge in [-0.3, -0.25) is 9.48 Å². The number of anilines is 1. The van der Waals surface area contributed by atoms with Crippen molar-refractivity contribution in [1.29, 1.82) is 0 Å². The number of rotatable bonds is 3. The first-order chi connectivity index (χ1) is 10.6. The highest BCUT2D eigenvalue weighted by Gasteiger charge is 2.23. The molecule has 2 aromatic heterocycles. The van der Waals surface area contributed by atoms with E-state index in [1.165, 1.54) is 0 Å². The number of carbonyl (C=O) groups is 1. The van der Waals surface area contributed by atoms with Gasteiger partial charge in [-0.15, -0.1) is 0 Å². The molecule has 1 atom stereocenters. The number of amides is 1. The molecule has 0 radical (unpaired) electrons. The lowest BCUT2D eigenvalue weighted by molar-refractivity contribution is 0.0923. The van der Waals surface area contributed by atoms with Crippen molar-refractivity contribution in [3.8, 4) is 0 Å².